The summed E-state index contributed by atoms with van der Waals surface area (Å²) in [6, 6.07) is 1.92. The molecule has 0 radical (unpaired) electrons. The molecule has 0 aromatic heterocycles. The quantitative estimate of drug-likeness (QED) is 0.350. The molecule has 13 heavy (non-hydrogen) atoms. The van der Waals surface area contributed by atoms with Gasteiger partial charge in [0.05, 0.1) is 37.9 Å². The predicted molar refractivity (Wildman–Crippen MR) is 46.8 cm³/mol. The molecule has 4 heteroatoms. The van der Waals surface area contributed by atoms with Gasteiger partial charge in [-0.2, -0.15) is 5.26 Å². The topological polar surface area (TPSA) is 59.3 Å². The Hall–Kier alpha value is -1.34. The summed E-state index contributed by atoms with van der Waals surface area (Å²) in [6.45, 7) is 5.98. The molecule has 0 atom stereocenters. The lowest BCUT2D eigenvalue weighted by atomic mass is 10.3. The lowest BCUT2D eigenvalue weighted by molar-refractivity contribution is -0.139. The summed E-state index contributed by atoms with van der Waals surface area (Å²) < 4.78 is 9.66. The molecule has 0 rings (SSSR count). The molecule has 0 spiro atoms. The van der Waals surface area contributed by atoms with Gasteiger partial charge in [0.25, 0.3) is 0 Å². The van der Waals surface area contributed by atoms with Crippen LogP contribution in [0.1, 0.15) is 13.3 Å². The van der Waals surface area contributed by atoms with Gasteiger partial charge in [-0.15, -0.1) is 0 Å². The van der Waals surface area contributed by atoms with Crippen LogP contribution >= 0.6 is 0 Å². The molecule has 0 fully saturated rings. The highest BCUT2D eigenvalue weighted by Gasteiger charge is 2.06. The number of rotatable bonds is 6. The fourth-order valence-corrected chi connectivity index (χ4v) is 0.605. The minimum atomic E-state index is -0.445. The summed E-state index contributed by atoms with van der Waals surface area (Å²) in [6.07, 6.45) is 0.316. The summed E-state index contributed by atoms with van der Waals surface area (Å²) in [5.74, 6) is -0.445. The van der Waals surface area contributed by atoms with Crippen molar-refractivity contribution < 1.29 is 14.3 Å². The third-order valence-corrected chi connectivity index (χ3v) is 1.20. The number of hydrogen-bond acceptors (Lipinski definition) is 4. The van der Waals surface area contributed by atoms with Crippen LogP contribution in [0.15, 0.2) is 12.2 Å². The van der Waals surface area contributed by atoms with Crippen LogP contribution in [0, 0.1) is 11.3 Å². The van der Waals surface area contributed by atoms with Gasteiger partial charge in [-0.25, -0.2) is 4.79 Å². The van der Waals surface area contributed by atoms with Crippen molar-refractivity contribution in [3.05, 3.63) is 12.2 Å². The molecule has 0 amide bonds. The fourth-order valence-electron chi connectivity index (χ4n) is 0.605. The highest BCUT2D eigenvalue weighted by Crippen LogP contribution is 1.96. The van der Waals surface area contributed by atoms with Crippen molar-refractivity contribution in [3.63, 3.8) is 0 Å². The van der Waals surface area contributed by atoms with Gasteiger partial charge in [-0.05, 0) is 6.92 Å². The minimum absolute atomic E-state index is 0.126. The number of carbonyl (C=O) groups is 1. The molecule has 0 unspecified atom stereocenters. The zero-order valence-electron chi connectivity index (χ0n) is 7.71. The summed E-state index contributed by atoms with van der Waals surface area (Å²) in [5, 5.41) is 8.18. The molecule has 72 valence electrons. The van der Waals surface area contributed by atoms with E-state index in [1.165, 1.54) is 0 Å². The molecular formula is C9H13NO3. The van der Waals surface area contributed by atoms with Gasteiger partial charge in [-0.1, -0.05) is 6.58 Å². The van der Waals surface area contributed by atoms with Crippen LogP contribution in [-0.2, 0) is 14.3 Å². The summed E-state index contributed by atoms with van der Waals surface area (Å²) in [4.78, 5) is 10.9. The monoisotopic (exact) mass is 183 g/mol. The van der Waals surface area contributed by atoms with Crippen LogP contribution in [0.5, 0.6) is 0 Å². The van der Waals surface area contributed by atoms with Crippen molar-refractivity contribution in [3.8, 4) is 6.07 Å². The van der Waals surface area contributed by atoms with E-state index in [0.717, 1.165) is 0 Å². The Labute approximate surface area is 77.8 Å². The molecule has 0 aliphatic carbocycles. The van der Waals surface area contributed by atoms with Crippen molar-refractivity contribution in [2.75, 3.05) is 19.8 Å². The van der Waals surface area contributed by atoms with Gasteiger partial charge in [0.1, 0.15) is 0 Å². The van der Waals surface area contributed by atoms with Crippen LogP contribution in [0.3, 0.4) is 0 Å². The highest BCUT2D eigenvalue weighted by molar-refractivity contribution is 5.87. The Morgan fingerprint density at radius 1 is 1.62 bits per heavy atom. The Balaban J connectivity index is 3.51. The van der Waals surface area contributed by atoms with Gasteiger partial charge < -0.3 is 9.47 Å². The molecule has 0 aromatic rings. The normalized spacial score (nSPS) is 8.92. The SMILES string of the molecule is C=C(COCCC#N)C(=O)OCC. The lowest BCUT2D eigenvalue weighted by Gasteiger charge is -2.04. The maximum absolute atomic E-state index is 10.9. The van der Waals surface area contributed by atoms with Crippen molar-refractivity contribution in [2.24, 2.45) is 0 Å². The van der Waals surface area contributed by atoms with E-state index in [1.807, 2.05) is 6.07 Å². The van der Waals surface area contributed by atoms with Crippen LogP contribution < -0.4 is 0 Å². The number of nitriles is 1. The fraction of sp³-hybridized carbons (Fsp3) is 0.556. The molecular weight excluding hydrogens is 170 g/mol. The maximum Gasteiger partial charge on any atom is 0.335 e. The summed E-state index contributed by atoms with van der Waals surface area (Å²) >= 11 is 0. The van der Waals surface area contributed by atoms with Gasteiger partial charge in [-0.3, -0.25) is 0 Å². The van der Waals surface area contributed by atoms with E-state index in [4.69, 9.17) is 10.00 Å². The molecule has 0 heterocycles. The van der Waals surface area contributed by atoms with Crippen LogP contribution in [0.4, 0.5) is 0 Å². The summed E-state index contributed by atoms with van der Waals surface area (Å²) in [5.41, 5.74) is 0.278. The molecule has 0 N–H and O–H groups in total. The zero-order chi connectivity index (χ0) is 10.1. The molecule has 0 bridgehead atoms. The Kier molecular flexibility index (Phi) is 6.56. The van der Waals surface area contributed by atoms with E-state index in [9.17, 15) is 4.79 Å². The molecule has 0 aliphatic rings. The average Bonchev–Trinajstić information content (AvgIpc) is 2.12. The Bertz CT molecular complexity index is 217. The third-order valence-electron chi connectivity index (χ3n) is 1.20. The Morgan fingerprint density at radius 3 is 2.85 bits per heavy atom. The largest absolute Gasteiger partial charge is 0.463 e. The Morgan fingerprint density at radius 2 is 2.31 bits per heavy atom. The first-order valence-corrected chi connectivity index (χ1v) is 4.02. The van der Waals surface area contributed by atoms with E-state index in [0.29, 0.717) is 19.6 Å². The number of nitrogens with zero attached hydrogens (tertiary/aromatic N) is 1. The summed E-state index contributed by atoms with van der Waals surface area (Å²) in [7, 11) is 0. The second kappa shape index (κ2) is 7.32. The van der Waals surface area contributed by atoms with E-state index < -0.39 is 5.97 Å². The number of hydrogen-bond donors (Lipinski definition) is 0. The van der Waals surface area contributed by atoms with Crippen molar-refractivity contribution >= 4 is 5.97 Å². The number of ether oxygens (including phenoxy) is 2. The first-order valence-electron chi connectivity index (χ1n) is 4.02. The minimum Gasteiger partial charge on any atom is -0.463 e. The van der Waals surface area contributed by atoms with Crippen LogP contribution in [0.25, 0.3) is 0 Å². The van der Waals surface area contributed by atoms with Gasteiger partial charge in [0.15, 0.2) is 0 Å². The average molecular weight is 183 g/mol. The van der Waals surface area contributed by atoms with Gasteiger partial charge in [0, 0.05) is 0 Å². The van der Waals surface area contributed by atoms with Crippen LogP contribution in [-0.4, -0.2) is 25.8 Å². The predicted octanol–water partition coefficient (Wildman–Crippen LogP) is 1.04. The van der Waals surface area contributed by atoms with E-state index in [2.05, 4.69) is 11.3 Å². The molecule has 4 nitrogen and oxygen atoms in total. The molecule has 0 aliphatic heterocycles. The molecule has 0 saturated carbocycles. The number of esters is 1. The van der Waals surface area contributed by atoms with Crippen molar-refractivity contribution in [2.45, 2.75) is 13.3 Å². The molecule has 0 saturated heterocycles. The first kappa shape index (κ1) is 11.7. The van der Waals surface area contributed by atoms with E-state index in [1.54, 1.807) is 6.92 Å². The second-order valence-corrected chi connectivity index (χ2v) is 2.28. The smallest absolute Gasteiger partial charge is 0.335 e. The van der Waals surface area contributed by atoms with Gasteiger partial charge >= 0.3 is 5.97 Å². The zero-order valence-corrected chi connectivity index (χ0v) is 7.71. The lowest BCUT2D eigenvalue weighted by Crippen LogP contribution is -2.11. The highest BCUT2D eigenvalue weighted by atomic mass is 16.5. The first-order chi connectivity index (χ1) is 6.22. The van der Waals surface area contributed by atoms with E-state index in [-0.39, 0.29) is 12.2 Å². The van der Waals surface area contributed by atoms with Crippen LogP contribution in [0.2, 0.25) is 0 Å². The third kappa shape index (κ3) is 5.88. The maximum atomic E-state index is 10.9. The number of carbonyl (C=O) groups excluding carboxylic acids is 1. The van der Waals surface area contributed by atoms with Gasteiger partial charge in [0.2, 0.25) is 0 Å². The van der Waals surface area contributed by atoms with Crippen molar-refractivity contribution in [1.82, 2.24) is 0 Å². The van der Waals surface area contributed by atoms with E-state index >= 15 is 0 Å². The molecule has 0 aromatic carbocycles. The standard InChI is InChI=1S/C9H13NO3/c1-3-13-9(11)8(2)7-12-6-4-5-10/h2-4,6-7H2,1H3. The van der Waals surface area contributed by atoms with Crippen molar-refractivity contribution in [1.29, 1.82) is 5.26 Å². The second-order valence-electron chi connectivity index (χ2n) is 2.28.